The minimum absolute atomic E-state index is 0. The van der Waals surface area contributed by atoms with E-state index in [1.165, 1.54) is 17.1 Å². The summed E-state index contributed by atoms with van der Waals surface area (Å²) in [6.45, 7) is 0. The number of aromatic hydroxyl groups is 1. The Balaban J connectivity index is 0.000000845. The second kappa shape index (κ2) is 5.41. The Morgan fingerprint density at radius 3 is 2.29 bits per heavy atom. The van der Waals surface area contributed by atoms with Gasteiger partial charge in [0.05, 0.1) is 24.8 Å². The average molecular weight is 235 g/mol. The molecule has 0 saturated heterocycles. The first-order valence-corrected chi connectivity index (χ1v) is 3.37. The summed E-state index contributed by atoms with van der Waals surface area (Å²) in [4.78, 5) is 5.17. The highest BCUT2D eigenvalue weighted by molar-refractivity contribution is 5.85. The summed E-state index contributed by atoms with van der Waals surface area (Å²) >= 11 is 0. The van der Waals surface area contributed by atoms with Gasteiger partial charge in [0.15, 0.2) is 0 Å². The number of hydrogen-bond acceptors (Lipinski definition) is 4. The quantitative estimate of drug-likeness (QED) is 0.806. The predicted molar refractivity (Wildman–Crippen MR) is 55.3 cm³/mol. The van der Waals surface area contributed by atoms with E-state index in [4.69, 9.17) is 5.11 Å². The zero-order valence-corrected chi connectivity index (χ0v) is 8.57. The van der Waals surface area contributed by atoms with E-state index >= 15 is 0 Å². The number of aromatic nitrogens is 4. The highest BCUT2D eigenvalue weighted by atomic mass is 35.5. The Morgan fingerprint density at radius 1 is 1.07 bits per heavy atom. The van der Waals surface area contributed by atoms with Crippen molar-refractivity contribution in [1.29, 1.82) is 0 Å². The van der Waals surface area contributed by atoms with E-state index in [2.05, 4.69) is 15.2 Å². The first-order valence-electron chi connectivity index (χ1n) is 3.37. The van der Waals surface area contributed by atoms with Crippen LogP contribution in [0.5, 0.6) is 5.75 Å². The molecular weight excluding hydrogens is 227 g/mol. The van der Waals surface area contributed by atoms with E-state index < -0.39 is 0 Å². The van der Waals surface area contributed by atoms with Crippen LogP contribution in [0.25, 0.3) is 5.69 Å². The van der Waals surface area contributed by atoms with Gasteiger partial charge in [-0.05, 0) is 0 Å². The van der Waals surface area contributed by atoms with Gasteiger partial charge in [-0.25, -0.2) is 0 Å². The first kappa shape index (κ1) is 12.7. The van der Waals surface area contributed by atoms with E-state index in [1.54, 1.807) is 18.6 Å². The lowest BCUT2D eigenvalue weighted by Crippen LogP contribution is -1.98. The molecule has 5 nitrogen and oxygen atoms in total. The van der Waals surface area contributed by atoms with Gasteiger partial charge in [-0.3, -0.25) is 4.98 Å². The molecule has 0 atom stereocenters. The van der Waals surface area contributed by atoms with Gasteiger partial charge in [0, 0.05) is 6.07 Å². The van der Waals surface area contributed by atoms with Crippen molar-refractivity contribution in [3.8, 4) is 11.4 Å². The third-order valence-electron chi connectivity index (χ3n) is 1.36. The van der Waals surface area contributed by atoms with Crippen molar-refractivity contribution in [3.05, 3.63) is 30.9 Å². The Bertz CT molecular complexity index is 379. The van der Waals surface area contributed by atoms with Gasteiger partial charge >= 0.3 is 0 Å². The van der Waals surface area contributed by atoms with Crippen molar-refractivity contribution >= 4 is 24.8 Å². The molecule has 14 heavy (non-hydrogen) atoms. The third kappa shape index (κ3) is 2.58. The van der Waals surface area contributed by atoms with Crippen LogP contribution in [0.2, 0.25) is 0 Å². The molecule has 0 bridgehead atoms. The third-order valence-corrected chi connectivity index (χ3v) is 1.36. The molecule has 2 heterocycles. The van der Waals surface area contributed by atoms with Gasteiger partial charge in [0.2, 0.25) is 0 Å². The van der Waals surface area contributed by atoms with Gasteiger partial charge in [-0.1, -0.05) is 0 Å². The molecule has 0 radical (unpaired) electrons. The lowest BCUT2D eigenvalue weighted by Gasteiger charge is -1.97. The van der Waals surface area contributed by atoms with Crippen LogP contribution in [0, 0.1) is 0 Å². The summed E-state index contributed by atoms with van der Waals surface area (Å²) in [5, 5.41) is 16.8. The second-order valence-electron chi connectivity index (χ2n) is 2.22. The van der Waals surface area contributed by atoms with E-state index in [-0.39, 0.29) is 30.6 Å². The minimum atomic E-state index is 0. The summed E-state index contributed by atoms with van der Waals surface area (Å²) < 4.78 is 0. The number of rotatable bonds is 1. The molecule has 0 aliphatic rings. The van der Waals surface area contributed by atoms with Crippen LogP contribution in [-0.4, -0.2) is 25.1 Å². The lowest BCUT2D eigenvalue weighted by molar-refractivity contribution is 0.471. The van der Waals surface area contributed by atoms with Gasteiger partial charge in [-0.2, -0.15) is 10.2 Å². The van der Waals surface area contributed by atoms with E-state index in [9.17, 15) is 0 Å². The molecule has 2 aromatic rings. The molecule has 2 aromatic heterocycles. The second-order valence-corrected chi connectivity index (χ2v) is 2.22. The molecule has 76 valence electrons. The Kier molecular flexibility index (Phi) is 4.90. The number of halogens is 2. The fourth-order valence-corrected chi connectivity index (χ4v) is 0.874. The zero-order chi connectivity index (χ0) is 8.39. The minimum Gasteiger partial charge on any atom is -0.506 e. The van der Waals surface area contributed by atoms with Crippen molar-refractivity contribution in [2.75, 3.05) is 0 Å². The molecule has 7 heteroatoms. The monoisotopic (exact) mass is 234 g/mol. The molecule has 0 aromatic carbocycles. The normalized spacial score (nSPS) is 8.57. The Labute approximate surface area is 92.6 Å². The number of pyridine rings is 1. The smallest absolute Gasteiger partial charge is 0.136 e. The summed E-state index contributed by atoms with van der Waals surface area (Å²) in [6, 6.07) is 1.53. The summed E-state index contributed by atoms with van der Waals surface area (Å²) in [7, 11) is 0. The van der Waals surface area contributed by atoms with E-state index in [0.29, 0.717) is 5.69 Å². The average Bonchev–Trinajstić information content (AvgIpc) is 2.56. The van der Waals surface area contributed by atoms with Crippen molar-refractivity contribution in [1.82, 2.24) is 20.0 Å². The fraction of sp³-hybridized carbons (Fsp3) is 0. The van der Waals surface area contributed by atoms with Crippen LogP contribution in [0.3, 0.4) is 0 Å². The van der Waals surface area contributed by atoms with Gasteiger partial charge in [0.25, 0.3) is 0 Å². The van der Waals surface area contributed by atoms with Crippen LogP contribution < -0.4 is 0 Å². The van der Waals surface area contributed by atoms with Crippen LogP contribution >= 0.6 is 24.8 Å². The maximum atomic E-state index is 9.08. The molecule has 0 aliphatic heterocycles. The Morgan fingerprint density at radius 2 is 1.71 bits per heavy atom. The fourth-order valence-electron chi connectivity index (χ4n) is 0.874. The largest absolute Gasteiger partial charge is 0.506 e. The summed E-state index contributed by atoms with van der Waals surface area (Å²) in [5.74, 6) is 0.102. The molecule has 0 fully saturated rings. The van der Waals surface area contributed by atoms with Crippen LogP contribution in [0.4, 0.5) is 0 Å². The first-order chi connectivity index (χ1) is 5.86. The van der Waals surface area contributed by atoms with Gasteiger partial charge in [-0.15, -0.1) is 29.6 Å². The number of hydrogen-bond donors (Lipinski definition) is 1. The van der Waals surface area contributed by atoms with Crippen molar-refractivity contribution in [3.63, 3.8) is 0 Å². The molecule has 0 amide bonds. The molecule has 2 rings (SSSR count). The van der Waals surface area contributed by atoms with Crippen molar-refractivity contribution < 1.29 is 5.11 Å². The highest BCUT2D eigenvalue weighted by Gasteiger charge is 1.97. The van der Waals surface area contributed by atoms with E-state index in [0.717, 1.165) is 0 Å². The van der Waals surface area contributed by atoms with Crippen molar-refractivity contribution in [2.45, 2.75) is 0 Å². The summed E-state index contributed by atoms with van der Waals surface area (Å²) in [5.41, 5.74) is 0.639. The van der Waals surface area contributed by atoms with Crippen LogP contribution in [-0.2, 0) is 0 Å². The maximum absolute atomic E-state index is 9.08. The zero-order valence-electron chi connectivity index (χ0n) is 6.94. The number of nitrogens with zero attached hydrogens (tertiary/aromatic N) is 4. The summed E-state index contributed by atoms with van der Waals surface area (Å²) in [6.07, 6.45) is 6.04. The topological polar surface area (TPSA) is 63.8 Å². The predicted octanol–water partition coefficient (Wildman–Crippen LogP) is 1.21. The standard InChI is InChI=1S/C7H6N4O.2ClH/c12-7-3-6(4-8-5-7)11-9-1-2-10-11;;/h1-5,12H;2*1H. The lowest BCUT2D eigenvalue weighted by atomic mass is 10.4. The highest BCUT2D eigenvalue weighted by Crippen LogP contribution is 2.10. The van der Waals surface area contributed by atoms with E-state index in [1.807, 2.05) is 0 Å². The van der Waals surface area contributed by atoms with Gasteiger partial charge < -0.3 is 5.11 Å². The van der Waals surface area contributed by atoms with Crippen LogP contribution in [0.15, 0.2) is 30.9 Å². The van der Waals surface area contributed by atoms with Gasteiger partial charge in [0.1, 0.15) is 11.4 Å². The van der Waals surface area contributed by atoms with Crippen LogP contribution in [0.1, 0.15) is 0 Å². The molecule has 0 aliphatic carbocycles. The van der Waals surface area contributed by atoms with Crippen molar-refractivity contribution in [2.24, 2.45) is 0 Å². The molecular formula is C7H8Cl2N4O. The molecule has 0 unspecified atom stereocenters. The molecule has 0 spiro atoms. The maximum Gasteiger partial charge on any atom is 0.136 e. The SMILES string of the molecule is Cl.Cl.Oc1cncc(-n2nccn2)c1. The molecule has 0 saturated carbocycles. The molecule has 1 N–H and O–H groups in total. The Hall–Kier alpha value is -1.33.